The number of aliphatic hydroxyl groups is 1. The molecule has 0 radical (unpaired) electrons. The number of aliphatic hydroxyl groups excluding tert-OH is 1. The molecule has 0 aliphatic heterocycles. The quantitative estimate of drug-likeness (QED) is 0.762. The number of thioether (sulfide) groups is 1. The van der Waals surface area contributed by atoms with E-state index in [1.165, 1.54) is 0 Å². The van der Waals surface area contributed by atoms with Crippen molar-refractivity contribution in [1.82, 2.24) is 5.32 Å². The molecule has 0 saturated heterocycles. The van der Waals surface area contributed by atoms with E-state index in [-0.39, 0.29) is 12.5 Å². The highest BCUT2D eigenvalue weighted by Gasteiger charge is 2.13. The third-order valence-corrected chi connectivity index (χ3v) is 3.87. The van der Waals surface area contributed by atoms with Gasteiger partial charge in [-0.25, -0.2) is 0 Å². The first-order chi connectivity index (χ1) is 8.66. The van der Waals surface area contributed by atoms with Gasteiger partial charge >= 0.3 is 0 Å². The SMILES string of the molecule is O=C(NCCSCCCO)c1c(Cl)cccc1Cl. The maximum Gasteiger partial charge on any atom is 0.254 e. The molecule has 18 heavy (non-hydrogen) atoms. The molecule has 0 fully saturated rings. The lowest BCUT2D eigenvalue weighted by Gasteiger charge is -2.08. The lowest BCUT2D eigenvalue weighted by molar-refractivity contribution is 0.0956. The molecule has 3 nitrogen and oxygen atoms in total. The lowest BCUT2D eigenvalue weighted by atomic mass is 10.2. The maximum absolute atomic E-state index is 11.8. The zero-order chi connectivity index (χ0) is 13.4. The van der Waals surface area contributed by atoms with Crippen molar-refractivity contribution in [3.8, 4) is 0 Å². The third kappa shape index (κ3) is 5.06. The lowest BCUT2D eigenvalue weighted by Crippen LogP contribution is -2.26. The molecule has 6 heteroatoms. The molecule has 1 aromatic rings. The van der Waals surface area contributed by atoms with Crippen molar-refractivity contribution in [2.45, 2.75) is 6.42 Å². The zero-order valence-corrected chi connectivity index (χ0v) is 12.1. The molecule has 0 aromatic heterocycles. The highest BCUT2D eigenvalue weighted by Crippen LogP contribution is 2.23. The second-order valence-electron chi connectivity index (χ2n) is 3.54. The monoisotopic (exact) mass is 307 g/mol. The van der Waals surface area contributed by atoms with Crippen LogP contribution in [0.5, 0.6) is 0 Å². The standard InChI is InChI=1S/C12H15Cl2NO2S/c13-9-3-1-4-10(14)11(9)12(17)15-5-8-18-7-2-6-16/h1,3-4,16H,2,5-8H2,(H,15,17). The van der Waals surface area contributed by atoms with E-state index in [4.69, 9.17) is 28.3 Å². The van der Waals surface area contributed by atoms with Crippen molar-refractivity contribution in [2.24, 2.45) is 0 Å². The molecule has 0 aliphatic carbocycles. The Morgan fingerprint density at radius 1 is 1.28 bits per heavy atom. The molecular formula is C12H15Cl2NO2S. The first kappa shape index (κ1) is 15.6. The minimum Gasteiger partial charge on any atom is -0.396 e. The predicted octanol–water partition coefficient (Wildman–Crippen LogP) is 2.84. The average molecular weight is 308 g/mol. The largest absolute Gasteiger partial charge is 0.396 e. The Morgan fingerprint density at radius 3 is 2.56 bits per heavy atom. The van der Waals surface area contributed by atoms with Crippen molar-refractivity contribution in [2.75, 3.05) is 24.7 Å². The molecule has 0 spiro atoms. The van der Waals surface area contributed by atoms with Crippen LogP contribution in [0.4, 0.5) is 0 Å². The second-order valence-corrected chi connectivity index (χ2v) is 5.58. The van der Waals surface area contributed by atoms with Gasteiger partial charge in [0.15, 0.2) is 0 Å². The third-order valence-electron chi connectivity index (χ3n) is 2.17. The van der Waals surface area contributed by atoms with Gasteiger partial charge in [-0.15, -0.1) is 0 Å². The van der Waals surface area contributed by atoms with Crippen molar-refractivity contribution in [1.29, 1.82) is 0 Å². The minimum atomic E-state index is -0.256. The van der Waals surface area contributed by atoms with Crippen LogP contribution in [0.2, 0.25) is 10.0 Å². The molecule has 0 aliphatic rings. The molecule has 1 amide bonds. The second kappa shape index (κ2) is 8.64. The molecule has 0 heterocycles. The smallest absolute Gasteiger partial charge is 0.254 e. The summed E-state index contributed by atoms with van der Waals surface area (Å²) in [4.78, 5) is 11.8. The van der Waals surface area contributed by atoms with E-state index in [0.29, 0.717) is 22.2 Å². The van der Waals surface area contributed by atoms with Crippen LogP contribution < -0.4 is 5.32 Å². The van der Waals surface area contributed by atoms with Crippen molar-refractivity contribution in [3.63, 3.8) is 0 Å². The fourth-order valence-electron chi connectivity index (χ4n) is 1.31. The first-order valence-electron chi connectivity index (χ1n) is 5.57. The van der Waals surface area contributed by atoms with E-state index in [2.05, 4.69) is 5.32 Å². The normalized spacial score (nSPS) is 10.4. The van der Waals surface area contributed by atoms with E-state index < -0.39 is 0 Å². The van der Waals surface area contributed by atoms with Crippen LogP contribution >= 0.6 is 35.0 Å². The Bertz CT molecular complexity index is 381. The number of carbonyl (C=O) groups excluding carboxylic acids is 1. The van der Waals surface area contributed by atoms with Gasteiger partial charge in [-0.2, -0.15) is 11.8 Å². The summed E-state index contributed by atoms with van der Waals surface area (Å²) in [7, 11) is 0. The van der Waals surface area contributed by atoms with Crippen molar-refractivity contribution < 1.29 is 9.90 Å². The summed E-state index contributed by atoms with van der Waals surface area (Å²) in [5, 5.41) is 12.1. The Labute approximate surface area is 121 Å². The average Bonchev–Trinajstić information content (AvgIpc) is 2.33. The molecule has 1 rings (SSSR count). The summed E-state index contributed by atoms with van der Waals surface area (Å²) in [6.07, 6.45) is 0.773. The topological polar surface area (TPSA) is 49.3 Å². The van der Waals surface area contributed by atoms with Crippen molar-refractivity contribution in [3.05, 3.63) is 33.8 Å². The van der Waals surface area contributed by atoms with E-state index in [0.717, 1.165) is 17.9 Å². The van der Waals surface area contributed by atoms with Gasteiger partial charge in [0.2, 0.25) is 0 Å². The predicted molar refractivity (Wildman–Crippen MR) is 77.8 cm³/mol. The van der Waals surface area contributed by atoms with Gasteiger partial charge < -0.3 is 10.4 Å². The van der Waals surface area contributed by atoms with Crippen LogP contribution in [-0.4, -0.2) is 35.7 Å². The summed E-state index contributed by atoms with van der Waals surface area (Å²) in [6.45, 7) is 0.755. The van der Waals surface area contributed by atoms with E-state index in [1.807, 2.05) is 0 Å². The minimum absolute atomic E-state index is 0.203. The van der Waals surface area contributed by atoms with E-state index in [1.54, 1.807) is 30.0 Å². The number of rotatable bonds is 7. The van der Waals surface area contributed by atoms with Gasteiger partial charge in [0.25, 0.3) is 5.91 Å². The van der Waals surface area contributed by atoms with Gasteiger partial charge in [-0.1, -0.05) is 29.3 Å². The molecule has 0 saturated carbocycles. The van der Waals surface area contributed by atoms with Crippen LogP contribution in [0.1, 0.15) is 16.8 Å². The van der Waals surface area contributed by atoms with Gasteiger partial charge in [0.1, 0.15) is 0 Å². The Morgan fingerprint density at radius 2 is 1.94 bits per heavy atom. The molecule has 0 bridgehead atoms. The Kier molecular flexibility index (Phi) is 7.51. The summed E-state index contributed by atoms with van der Waals surface area (Å²) in [5.74, 6) is 1.43. The van der Waals surface area contributed by atoms with Crippen LogP contribution in [-0.2, 0) is 0 Å². The summed E-state index contributed by atoms with van der Waals surface area (Å²) < 4.78 is 0. The number of hydrogen-bond donors (Lipinski definition) is 2. The van der Waals surface area contributed by atoms with Crippen LogP contribution in [0, 0.1) is 0 Å². The highest BCUT2D eigenvalue weighted by atomic mass is 35.5. The Balaban J connectivity index is 2.37. The van der Waals surface area contributed by atoms with Gasteiger partial charge in [-0.3, -0.25) is 4.79 Å². The number of carbonyl (C=O) groups is 1. The molecule has 0 unspecified atom stereocenters. The number of benzene rings is 1. The fraction of sp³-hybridized carbons (Fsp3) is 0.417. The van der Waals surface area contributed by atoms with Crippen LogP contribution in [0.15, 0.2) is 18.2 Å². The first-order valence-corrected chi connectivity index (χ1v) is 7.48. The summed E-state index contributed by atoms with van der Waals surface area (Å²) in [5.41, 5.74) is 0.321. The van der Waals surface area contributed by atoms with Crippen LogP contribution in [0.3, 0.4) is 0 Å². The molecular weight excluding hydrogens is 293 g/mol. The number of halogens is 2. The van der Waals surface area contributed by atoms with Crippen molar-refractivity contribution >= 4 is 40.9 Å². The fourth-order valence-corrected chi connectivity index (χ4v) is 2.66. The molecule has 100 valence electrons. The number of hydrogen-bond acceptors (Lipinski definition) is 3. The summed E-state index contributed by atoms with van der Waals surface area (Å²) in [6, 6.07) is 4.98. The van der Waals surface area contributed by atoms with E-state index in [9.17, 15) is 4.79 Å². The summed E-state index contributed by atoms with van der Waals surface area (Å²) >= 11 is 13.5. The van der Waals surface area contributed by atoms with E-state index >= 15 is 0 Å². The van der Waals surface area contributed by atoms with Gasteiger partial charge in [0.05, 0.1) is 15.6 Å². The van der Waals surface area contributed by atoms with Gasteiger partial charge in [0, 0.05) is 18.9 Å². The molecule has 1 aromatic carbocycles. The zero-order valence-electron chi connectivity index (χ0n) is 9.79. The van der Waals surface area contributed by atoms with Gasteiger partial charge in [-0.05, 0) is 24.3 Å². The van der Waals surface area contributed by atoms with Crippen LogP contribution in [0.25, 0.3) is 0 Å². The highest BCUT2D eigenvalue weighted by molar-refractivity contribution is 7.99. The maximum atomic E-state index is 11.8. The Hall–Kier alpha value is -0.420. The number of amides is 1. The number of nitrogens with one attached hydrogen (secondary N) is 1. The molecule has 0 atom stereocenters. The molecule has 2 N–H and O–H groups in total.